The van der Waals surface area contributed by atoms with Crippen LogP contribution in [0.1, 0.15) is 10.5 Å². The summed E-state index contributed by atoms with van der Waals surface area (Å²) in [5, 5.41) is 24.4. The van der Waals surface area contributed by atoms with Crippen molar-refractivity contribution < 1.29 is 19.4 Å². The number of carbonyl (C=O) groups is 1. The van der Waals surface area contributed by atoms with Crippen molar-refractivity contribution >= 4 is 11.7 Å². The molecular formula is C5H8N4O4. The molecule has 0 aliphatic carbocycles. The maximum atomic E-state index is 11.1. The molecule has 0 saturated heterocycles. The zero-order chi connectivity index (χ0) is 9.84. The van der Waals surface area contributed by atoms with Gasteiger partial charge in [0.05, 0.1) is 11.8 Å². The predicted octanol–water partition coefficient (Wildman–Crippen LogP) is -2.39. The van der Waals surface area contributed by atoms with Gasteiger partial charge in [0.15, 0.2) is 0 Å². The third-order valence-corrected chi connectivity index (χ3v) is 1.25. The maximum Gasteiger partial charge on any atom is 0.318 e. The van der Waals surface area contributed by atoms with Gasteiger partial charge in [-0.15, -0.1) is 0 Å². The molecule has 4 N–H and O–H groups in total. The van der Waals surface area contributed by atoms with E-state index in [-0.39, 0.29) is 23.9 Å². The van der Waals surface area contributed by atoms with Crippen molar-refractivity contribution in [3.05, 3.63) is 10.9 Å². The van der Waals surface area contributed by atoms with Crippen molar-refractivity contribution in [3.8, 4) is 0 Å². The molecule has 8 heteroatoms. The molecule has 8 nitrogen and oxygen atoms in total. The zero-order valence-electron chi connectivity index (χ0n) is 6.56. The van der Waals surface area contributed by atoms with E-state index in [9.17, 15) is 10.0 Å². The second kappa shape index (κ2) is 3.72. The summed E-state index contributed by atoms with van der Waals surface area (Å²) in [5.41, 5.74) is 4.76. The summed E-state index contributed by atoms with van der Waals surface area (Å²) in [4.78, 5) is 11.0. The van der Waals surface area contributed by atoms with E-state index >= 15 is 0 Å². The molecule has 1 amide bonds. The summed E-state index contributed by atoms with van der Waals surface area (Å²) in [7, 11) is 0. The molecule has 0 radical (unpaired) electrons. The van der Waals surface area contributed by atoms with Crippen LogP contribution >= 0.6 is 0 Å². The molecular weight excluding hydrogens is 180 g/mol. The number of nitrogens with one attached hydrogen (secondary N) is 1. The number of hydrogen-bond acceptors (Lipinski definition) is 6. The van der Waals surface area contributed by atoms with Crippen LogP contribution in [0.25, 0.3) is 0 Å². The molecule has 0 aliphatic heterocycles. The van der Waals surface area contributed by atoms with E-state index in [1.165, 1.54) is 0 Å². The molecule has 1 aromatic heterocycles. The predicted molar refractivity (Wildman–Crippen MR) is 39.3 cm³/mol. The van der Waals surface area contributed by atoms with E-state index in [1.807, 2.05) is 0 Å². The number of carbonyl (C=O) groups excluding carboxylic acids is 1. The summed E-state index contributed by atoms with van der Waals surface area (Å²) < 4.78 is 4.06. The van der Waals surface area contributed by atoms with Crippen LogP contribution in [0.3, 0.4) is 0 Å². The van der Waals surface area contributed by atoms with Gasteiger partial charge in [-0.2, -0.15) is 0 Å². The Kier molecular flexibility index (Phi) is 2.65. The lowest BCUT2D eigenvalue weighted by molar-refractivity contribution is -0.803. The highest BCUT2D eigenvalue weighted by molar-refractivity contribution is 5.94. The lowest BCUT2D eigenvalue weighted by Gasteiger charge is -1.98. The Bertz CT molecular complexity index is 290. The van der Waals surface area contributed by atoms with Gasteiger partial charge in [-0.25, -0.2) is 0 Å². The van der Waals surface area contributed by atoms with Crippen LogP contribution in [0, 0.1) is 5.21 Å². The van der Waals surface area contributed by atoms with Crippen molar-refractivity contribution in [1.82, 2.24) is 10.5 Å². The van der Waals surface area contributed by atoms with E-state index in [2.05, 4.69) is 15.1 Å². The largest absolute Gasteiger partial charge is 0.395 e. The fourth-order valence-electron chi connectivity index (χ4n) is 0.711. The highest BCUT2D eigenvalue weighted by atomic mass is 16.8. The molecule has 0 unspecified atom stereocenters. The minimum absolute atomic E-state index is 0.0312. The summed E-state index contributed by atoms with van der Waals surface area (Å²) in [6.07, 6.45) is 0. The van der Waals surface area contributed by atoms with Gasteiger partial charge in [0, 0.05) is 6.54 Å². The van der Waals surface area contributed by atoms with Crippen molar-refractivity contribution in [1.29, 1.82) is 0 Å². The summed E-state index contributed by atoms with van der Waals surface area (Å²) in [5.74, 6) is -1.02. The van der Waals surface area contributed by atoms with Gasteiger partial charge in [0.25, 0.3) is 0 Å². The normalized spacial score (nSPS) is 9.92. The maximum absolute atomic E-state index is 11.1. The lowest BCUT2D eigenvalue weighted by atomic mass is 10.4. The first-order valence-electron chi connectivity index (χ1n) is 3.41. The quantitative estimate of drug-likeness (QED) is 0.454. The SMILES string of the molecule is Nc1no[n+]([O-])c1C(=O)NCCO. The number of aromatic nitrogens is 2. The topological polar surface area (TPSA) is 128 Å². The van der Waals surface area contributed by atoms with Crippen LogP contribution in [0.5, 0.6) is 0 Å². The standard InChI is InChI=1S/C5H8N4O4/c6-4-3(9(12)13-8-4)5(11)7-1-2-10/h10H,1-2H2,(H2,6,8)(H,7,11). The smallest absolute Gasteiger partial charge is 0.318 e. The van der Waals surface area contributed by atoms with Crippen LogP contribution < -0.4 is 16.0 Å². The minimum Gasteiger partial charge on any atom is -0.395 e. The summed E-state index contributed by atoms with van der Waals surface area (Å²) in [6, 6.07) is 0. The first-order chi connectivity index (χ1) is 6.16. The highest BCUT2D eigenvalue weighted by Gasteiger charge is 2.23. The molecule has 0 aromatic carbocycles. The van der Waals surface area contributed by atoms with Crippen LogP contribution in [0.2, 0.25) is 0 Å². The second-order valence-corrected chi connectivity index (χ2v) is 2.14. The molecule has 1 heterocycles. The Morgan fingerprint density at radius 3 is 3.00 bits per heavy atom. The van der Waals surface area contributed by atoms with Crippen LogP contribution in [-0.2, 0) is 0 Å². The molecule has 0 saturated carbocycles. The Labute approximate surface area is 72.5 Å². The molecule has 1 aromatic rings. The van der Waals surface area contributed by atoms with Crippen LogP contribution in [0.15, 0.2) is 4.63 Å². The van der Waals surface area contributed by atoms with Gasteiger partial charge in [0.2, 0.25) is 0 Å². The monoisotopic (exact) mass is 188 g/mol. The van der Waals surface area contributed by atoms with Gasteiger partial charge in [-0.3, -0.25) is 9.42 Å². The fourth-order valence-corrected chi connectivity index (χ4v) is 0.711. The highest BCUT2D eigenvalue weighted by Crippen LogP contribution is 2.00. The van der Waals surface area contributed by atoms with Gasteiger partial charge in [-0.1, -0.05) is 0 Å². The Morgan fingerprint density at radius 1 is 1.85 bits per heavy atom. The van der Waals surface area contributed by atoms with E-state index in [4.69, 9.17) is 10.8 Å². The van der Waals surface area contributed by atoms with Crippen molar-refractivity contribution in [3.63, 3.8) is 0 Å². The van der Waals surface area contributed by atoms with E-state index < -0.39 is 11.6 Å². The molecule has 0 fully saturated rings. The number of amides is 1. The van der Waals surface area contributed by atoms with Crippen molar-refractivity contribution in [2.75, 3.05) is 18.9 Å². The number of aliphatic hydroxyl groups excluding tert-OH is 1. The number of aliphatic hydroxyl groups is 1. The zero-order valence-corrected chi connectivity index (χ0v) is 6.56. The van der Waals surface area contributed by atoms with E-state index in [0.717, 1.165) is 0 Å². The lowest BCUT2D eigenvalue weighted by Crippen LogP contribution is -2.38. The molecule has 13 heavy (non-hydrogen) atoms. The number of rotatable bonds is 3. The second-order valence-electron chi connectivity index (χ2n) is 2.14. The Morgan fingerprint density at radius 2 is 2.54 bits per heavy atom. The van der Waals surface area contributed by atoms with Gasteiger partial charge in [-0.05, 0) is 4.90 Å². The Balaban J connectivity index is 2.76. The van der Waals surface area contributed by atoms with Crippen molar-refractivity contribution in [2.45, 2.75) is 0 Å². The molecule has 0 aliphatic rings. The summed E-state index contributed by atoms with van der Waals surface area (Å²) >= 11 is 0. The number of nitrogens with two attached hydrogens (primary N) is 1. The number of nitrogen functional groups attached to an aromatic ring is 1. The third-order valence-electron chi connectivity index (χ3n) is 1.25. The minimum atomic E-state index is -0.734. The molecule has 0 bridgehead atoms. The molecule has 0 spiro atoms. The van der Waals surface area contributed by atoms with Gasteiger partial charge < -0.3 is 21.4 Å². The molecule has 1 rings (SSSR count). The number of hydrogen-bond donors (Lipinski definition) is 3. The van der Waals surface area contributed by atoms with E-state index in [0.29, 0.717) is 0 Å². The van der Waals surface area contributed by atoms with Gasteiger partial charge in [0.1, 0.15) is 0 Å². The van der Waals surface area contributed by atoms with Crippen LogP contribution in [0.4, 0.5) is 5.82 Å². The molecule has 72 valence electrons. The van der Waals surface area contributed by atoms with E-state index in [1.54, 1.807) is 0 Å². The number of nitrogens with zero attached hydrogens (tertiary/aromatic N) is 2. The first kappa shape index (κ1) is 9.26. The fraction of sp³-hybridized carbons (Fsp3) is 0.400. The Hall–Kier alpha value is -1.83. The third kappa shape index (κ3) is 1.85. The number of anilines is 1. The summed E-state index contributed by atoms with van der Waals surface area (Å²) in [6.45, 7) is -0.195. The van der Waals surface area contributed by atoms with Crippen molar-refractivity contribution in [2.24, 2.45) is 0 Å². The average molecular weight is 188 g/mol. The van der Waals surface area contributed by atoms with Crippen LogP contribution in [-0.4, -0.2) is 29.3 Å². The molecule has 0 atom stereocenters. The average Bonchev–Trinajstić information content (AvgIpc) is 2.42. The first-order valence-corrected chi connectivity index (χ1v) is 3.41. The van der Waals surface area contributed by atoms with Gasteiger partial charge >= 0.3 is 17.4 Å².